The van der Waals surface area contributed by atoms with Gasteiger partial charge in [-0.05, 0) is 123 Å². The number of benzene rings is 1. The number of nitrogens with one attached hydrogen (secondary N) is 2. The highest BCUT2D eigenvalue weighted by Gasteiger charge is 2.64. The predicted octanol–water partition coefficient (Wildman–Crippen LogP) is 6.76. The number of amides is 2. The van der Waals surface area contributed by atoms with Crippen LogP contribution in [0.1, 0.15) is 91.2 Å². The van der Waals surface area contributed by atoms with Gasteiger partial charge in [0.25, 0.3) is 10.0 Å². The van der Waals surface area contributed by atoms with Crippen molar-refractivity contribution in [1.29, 1.82) is 0 Å². The predicted molar refractivity (Wildman–Crippen MR) is 182 cm³/mol. The molecule has 2 amide bonds. The number of aryl methyl sites for hydroxylation is 1. The molecule has 4 fully saturated rings. The van der Waals surface area contributed by atoms with Crippen LogP contribution in [0, 0.1) is 59.2 Å². The number of urea groups is 1. The van der Waals surface area contributed by atoms with Gasteiger partial charge in [-0.3, -0.25) is 0 Å². The van der Waals surface area contributed by atoms with Crippen molar-refractivity contribution >= 4 is 27.4 Å². The van der Waals surface area contributed by atoms with Crippen LogP contribution in [0.5, 0.6) is 0 Å². The Balaban J connectivity index is 1.07. The molecule has 0 saturated heterocycles. The number of aromatic nitrogens is 1. The molecular weight excluding hydrogens is 619 g/mol. The Labute approximate surface area is 279 Å². The Morgan fingerprint density at radius 2 is 1.83 bits per heavy atom. The summed E-state index contributed by atoms with van der Waals surface area (Å²) in [4.78, 5) is 17.2. The van der Waals surface area contributed by atoms with Crippen molar-refractivity contribution in [1.82, 2.24) is 15.0 Å². The van der Waals surface area contributed by atoms with E-state index in [1.54, 1.807) is 12.1 Å². The standard InChI is InChI=1S/C36H53N3O5S2/c1-6-26-30-19-24(40)12-15-36(30,5)29-13-16-35(4)27(10-11-28(35)31(29)32(26)41)21(2)14-17-37-34(42)39-46(43,44)25-9-7-8-23(18-25)33-38-22(3)20-45-33/h7-9,18,20-21,24,26-32,40-41H,6,10-17,19H2,1-5H3,(H2,37,39,42)/t21-,24-,26-,27-,28+,29+,30+,31+,32-,35-,36-/m1/s1. The minimum atomic E-state index is -4.04. The maximum Gasteiger partial charge on any atom is 0.328 e. The van der Waals surface area contributed by atoms with Crippen molar-refractivity contribution in [2.24, 2.45) is 52.3 Å². The van der Waals surface area contributed by atoms with Crippen LogP contribution in [0.15, 0.2) is 34.5 Å². The highest BCUT2D eigenvalue weighted by atomic mass is 32.2. The molecule has 4 aliphatic carbocycles. The van der Waals surface area contributed by atoms with E-state index in [1.807, 2.05) is 18.4 Å². The van der Waals surface area contributed by atoms with E-state index >= 15 is 0 Å². The summed E-state index contributed by atoms with van der Waals surface area (Å²) in [6.07, 6.45) is 8.52. The highest BCUT2D eigenvalue weighted by Crippen LogP contribution is 2.69. The second-order valence-corrected chi connectivity index (χ2v) is 18.1. The lowest BCUT2D eigenvalue weighted by atomic mass is 9.41. The molecule has 46 heavy (non-hydrogen) atoms. The molecule has 11 atom stereocenters. The number of hydrogen-bond acceptors (Lipinski definition) is 7. The first-order valence-electron chi connectivity index (χ1n) is 17.5. The van der Waals surface area contributed by atoms with Gasteiger partial charge in [-0.25, -0.2) is 22.9 Å². The summed E-state index contributed by atoms with van der Waals surface area (Å²) >= 11 is 1.45. The molecule has 0 unspecified atom stereocenters. The van der Waals surface area contributed by atoms with Crippen LogP contribution in [0.3, 0.4) is 0 Å². The SMILES string of the molecule is CC[C@H]1[C@@H](O)[C@@H]2[C@H](CC[C@]3(C)[C@@H]([C@H](C)CCNC(=O)NS(=O)(=O)c4cccc(-c5nc(C)cs5)c4)CC[C@@H]23)[C@@]2(C)CC[C@@H](O)C[C@@H]12. The number of sulfonamides is 1. The zero-order valence-corrected chi connectivity index (χ0v) is 29.7. The van der Waals surface area contributed by atoms with Crippen LogP contribution in [0.2, 0.25) is 0 Å². The summed E-state index contributed by atoms with van der Waals surface area (Å²) in [6, 6.07) is 5.80. The molecule has 1 aromatic heterocycles. The molecule has 4 aliphatic rings. The molecule has 6 rings (SSSR count). The van der Waals surface area contributed by atoms with E-state index in [2.05, 4.69) is 42.7 Å². The van der Waals surface area contributed by atoms with E-state index < -0.39 is 16.1 Å². The van der Waals surface area contributed by atoms with Gasteiger partial charge in [0.15, 0.2) is 0 Å². The number of nitrogens with zero attached hydrogens (tertiary/aromatic N) is 1. The largest absolute Gasteiger partial charge is 0.393 e. The van der Waals surface area contributed by atoms with Crippen LogP contribution >= 0.6 is 11.3 Å². The fourth-order valence-corrected chi connectivity index (χ4v) is 12.8. The van der Waals surface area contributed by atoms with E-state index in [-0.39, 0.29) is 33.9 Å². The lowest BCUT2D eigenvalue weighted by Crippen LogP contribution is -2.62. The van der Waals surface area contributed by atoms with Crippen molar-refractivity contribution in [2.75, 3.05) is 6.54 Å². The molecule has 8 nitrogen and oxygen atoms in total. The number of carbonyl (C=O) groups excluding carboxylic acids is 1. The smallest absolute Gasteiger partial charge is 0.328 e. The van der Waals surface area contributed by atoms with Crippen LogP contribution < -0.4 is 10.0 Å². The summed E-state index contributed by atoms with van der Waals surface area (Å²) in [7, 11) is -4.04. The maximum atomic E-state index is 13.0. The second kappa shape index (κ2) is 12.8. The van der Waals surface area contributed by atoms with Gasteiger partial charge in [0.05, 0.1) is 17.1 Å². The molecule has 0 aliphatic heterocycles. The van der Waals surface area contributed by atoms with Gasteiger partial charge in [0.1, 0.15) is 5.01 Å². The topological polar surface area (TPSA) is 129 Å². The lowest BCUT2D eigenvalue weighted by molar-refractivity contribution is -0.203. The van der Waals surface area contributed by atoms with E-state index in [1.165, 1.54) is 17.4 Å². The number of fused-ring (bicyclic) bond motifs is 5. The zero-order valence-electron chi connectivity index (χ0n) is 28.0. The Morgan fingerprint density at radius 1 is 1.09 bits per heavy atom. The third-order valence-corrected chi connectivity index (χ3v) is 15.6. The summed E-state index contributed by atoms with van der Waals surface area (Å²) < 4.78 is 28.2. The maximum absolute atomic E-state index is 13.0. The van der Waals surface area contributed by atoms with Crippen molar-refractivity contribution < 1.29 is 23.4 Å². The van der Waals surface area contributed by atoms with Crippen LogP contribution in [0.25, 0.3) is 10.6 Å². The Kier molecular flexibility index (Phi) is 9.42. The van der Waals surface area contributed by atoms with E-state index in [0.29, 0.717) is 47.6 Å². The summed E-state index contributed by atoms with van der Waals surface area (Å²) in [5.74, 6) is 2.80. The molecule has 0 spiro atoms. The first kappa shape index (κ1) is 33.9. The minimum absolute atomic E-state index is 0.0293. The van der Waals surface area contributed by atoms with Crippen molar-refractivity contribution in [3.8, 4) is 10.6 Å². The number of rotatable bonds is 8. The first-order chi connectivity index (χ1) is 21.8. The minimum Gasteiger partial charge on any atom is -0.393 e. The van der Waals surface area contributed by atoms with E-state index in [0.717, 1.165) is 68.5 Å². The van der Waals surface area contributed by atoms with Gasteiger partial charge in [0.2, 0.25) is 0 Å². The van der Waals surface area contributed by atoms with E-state index in [9.17, 15) is 23.4 Å². The van der Waals surface area contributed by atoms with Crippen molar-refractivity contribution in [3.05, 3.63) is 35.3 Å². The molecule has 1 heterocycles. The molecule has 10 heteroatoms. The van der Waals surface area contributed by atoms with Crippen LogP contribution in [0.4, 0.5) is 4.79 Å². The Hall–Kier alpha value is -2.01. The quantitative estimate of drug-likeness (QED) is 0.246. The Bertz CT molecular complexity index is 1530. The van der Waals surface area contributed by atoms with Gasteiger partial charge in [-0.2, -0.15) is 0 Å². The first-order valence-corrected chi connectivity index (χ1v) is 19.8. The van der Waals surface area contributed by atoms with Crippen LogP contribution in [-0.2, 0) is 10.0 Å². The second-order valence-electron chi connectivity index (χ2n) is 15.6. The fourth-order valence-electron chi connectivity index (χ4n) is 11.0. The van der Waals surface area contributed by atoms with Gasteiger partial charge >= 0.3 is 6.03 Å². The Morgan fingerprint density at radius 3 is 2.54 bits per heavy atom. The van der Waals surface area contributed by atoms with Gasteiger partial charge in [-0.1, -0.05) is 46.2 Å². The summed E-state index contributed by atoms with van der Waals surface area (Å²) in [5.41, 5.74) is 1.90. The number of carbonyl (C=O) groups is 1. The number of aliphatic hydroxyl groups excluding tert-OH is 2. The number of aliphatic hydroxyl groups is 2. The third kappa shape index (κ3) is 5.94. The van der Waals surface area contributed by atoms with Crippen molar-refractivity contribution in [3.63, 3.8) is 0 Å². The summed E-state index contributed by atoms with van der Waals surface area (Å²) in [5, 5.41) is 28.0. The summed E-state index contributed by atoms with van der Waals surface area (Å²) in [6.45, 7) is 11.7. The molecular formula is C36H53N3O5S2. The van der Waals surface area contributed by atoms with Crippen LogP contribution in [-0.4, -0.2) is 48.4 Å². The number of hydrogen-bond donors (Lipinski definition) is 4. The average Bonchev–Trinajstić information content (AvgIpc) is 3.61. The lowest BCUT2D eigenvalue weighted by Gasteiger charge is -2.64. The normalized spacial score (nSPS) is 37.9. The molecule has 4 N–H and O–H groups in total. The third-order valence-electron chi connectivity index (χ3n) is 13.3. The average molecular weight is 672 g/mol. The zero-order chi connectivity index (χ0) is 33.0. The number of thiazole rings is 1. The monoisotopic (exact) mass is 671 g/mol. The van der Waals surface area contributed by atoms with Crippen molar-refractivity contribution in [2.45, 2.75) is 110 Å². The van der Waals surface area contributed by atoms with Gasteiger partial charge in [-0.15, -0.1) is 11.3 Å². The van der Waals surface area contributed by atoms with Gasteiger partial charge in [0, 0.05) is 23.2 Å². The molecule has 0 bridgehead atoms. The molecule has 0 radical (unpaired) electrons. The molecule has 2 aromatic rings. The van der Waals surface area contributed by atoms with E-state index in [4.69, 9.17) is 0 Å². The molecule has 4 saturated carbocycles. The van der Waals surface area contributed by atoms with Gasteiger partial charge < -0.3 is 15.5 Å². The molecule has 254 valence electrons. The highest BCUT2D eigenvalue weighted by molar-refractivity contribution is 7.90. The molecule has 1 aromatic carbocycles. The fraction of sp³-hybridized carbons (Fsp3) is 0.722.